The maximum Gasteiger partial charge on any atom is 0.416 e. The van der Waals surface area contributed by atoms with E-state index in [1.807, 2.05) is 11.9 Å². The van der Waals surface area contributed by atoms with Gasteiger partial charge in [-0.1, -0.05) is 12.1 Å². The smallest absolute Gasteiger partial charge is 0.342 e. The maximum absolute atomic E-state index is 12.5. The van der Waals surface area contributed by atoms with Crippen molar-refractivity contribution in [3.05, 3.63) is 35.4 Å². The van der Waals surface area contributed by atoms with Crippen molar-refractivity contribution in [3.63, 3.8) is 0 Å². The summed E-state index contributed by atoms with van der Waals surface area (Å²) in [5.41, 5.74) is -0.0653. The van der Waals surface area contributed by atoms with Crippen molar-refractivity contribution in [2.45, 2.75) is 25.4 Å². The molecule has 2 rings (SSSR count). The quantitative estimate of drug-likeness (QED) is 0.905. The fourth-order valence-electron chi connectivity index (χ4n) is 2.84. The van der Waals surface area contributed by atoms with Crippen LogP contribution in [-0.2, 0) is 17.4 Å². The average molecular weight is 351 g/mol. The van der Waals surface area contributed by atoms with Gasteiger partial charge in [0.15, 0.2) is 0 Å². The number of rotatable bonds is 4. The van der Waals surface area contributed by atoms with Crippen LogP contribution in [0.25, 0.3) is 0 Å². The van der Waals surface area contributed by atoms with Crippen LogP contribution < -0.4 is 5.32 Å². The summed E-state index contributed by atoms with van der Waals surface area (Å²) in [6.45, 7) is 2.34. The van der Waals surface area contributed by atoms with Crippen LogP contribution in [0.2, 0.25) is 0 Å². The van der Waals surface area contributed by atoms with Gasteiger partial charge < -0.3 is 10.2 Å². The molecule has 1 saturated heterocycles. The molecule has 1 N–H and O–H groups in total. The van der Waals surface area contributed by atoms with Gasteiger partial charge in [-0.2, -0.15) is 13.2 Å². The van der Waals surface area contributed by atoms with E-state index in [0.717, 1.165) is 44.6 Å². The van der Waals surface area contributed by atoms with Crippen LogP contribution in [0.3, 0.4) is 0 Å². The lowest BCUT2D eigenvalue weighted by Gasteiger charge is -2.32. The minimum Gasteiger partial charge on any atom is -0.342 e. The SMILES string of the molecule is CNCC1CCCN(C(=O)Cc2ccc(C(F)(F)F)cc2)C1.Cl. The number of hydrogen-bond donors (Lipinski definition) is 1. The zero-order chi connectivity index (χ0) is 16.2. The van der Waals surface area contributed by atoms with Crippen molar-refractivity contribution in [2.24, 2.45) is 5.92 Å². The van der Waals surface area contributed by atoms with Crippen molar-refractivity contribution in [1.82, 2.24) is 10.2 Å². The Morgan fingerprint density at radius 3 is 2.52 bits per heavy atom. The molecule has 0 saturated carbocycles. The molecule has 1 aromatic rings. The molecule has 7 heteroatoms. The lowest BCUT2D eigenvalue weighted by Crippen LogP contribution is -2.43. The Morgan fingerprint density at radius 2 is 1.96 bits per heavy atom. The molecule has 0 aliphatic carbocycles. The van der Waals surface area contributed by atoms with Crippen LogP contribution in [0.5, 0.6) is 0 Å². The molecule has 23 heavy (non-hydrogen) atoms. The number of alkyl halides is 3. The topological polar surface area (TPSA) is 32.3 Å². The Kier molecular flexibility index (Phi) is 7.35. The number of amides is 1. The van der Waals surface area contributed by atoms with Crippen molar-refractivity contribution in [1.29, 1.82) is 0 Å². The Morgan fingerprint density at radius 1 is 1.30 bits per heavy atom. The zero-order valence-corrected chi connectivity index (χ0v) is 13.8. The lowest BCUT2D eigenvalue weighted by atomic mass is 9.97. The van der Waals surface area contributed by atoms with Crippen molar-refractivity contribution < 1.29 is 18.0 Å². The molecule has 0 bridgehead atoms. The standard InChI is InChI=1S/C16H21F3N2O.ClH/c1-20-10-13-3-2-8-21(11-13)15(22)9-12-4-6-14(7-5-12)16(17,18)19;/h4-7,13,20H,2-3,8-11H2,1H3;1H. The highest BCUT2D eigenvalue weighted by atomic mass is 35.5. The highest BCUT2D eigenvalue weighted by Crippen LogP contribution is 2.29. The zero-order valence-electron chi connectivity index (χ0n) is 13.0. The third-order valence-corrected chi connectivity index (χ3v) is 4.00. The van der Waals surface area contributed by atoms with Gasteiger partial charge in [-0.3, -0.25) is 4.79 Å². The van der Waals surface area contributed by atoms with Gasteiger partial charge in [0.1, 0.15) is 0 Å². The molecule has 0 aromatic heterocycles. The largest absolute Gasteiger partial charge is 0.416 e. The first-order valence-corrected chi connectivity index (χ1v) is 7.48. The van der Waals surface area contributed by atoms with Gasteiger partial charge in [0, 0.05) is 13.1 Å². The van der Waals surface area contributed by atoms with Crippen LogP contribution in [0.4, 0.5) is 13.2 Å². The summed E-state index contributed by atoms with van der Waals surface area (Å²) in [5.74, 6) is 0.441. The van der Waals surface area contributed by atoms with E-state index in [4.69, 9.17) is 0 Å². The Hall–Kier alpha value is -1.27. The molecule has 1 amide bonds. The number of benzene rings is 1. The fourth-order valence-corrected chi connectivity index (χ4v) is 2.84. The number of piperidine rings is 1. The monoisotopic (exact) mass is 350 g/mol. The fraction of sp³-hybridized carbons (Fsp3) is 0.562. The summed E-state index contributed by atoms with van der Waals surface area (Å²) in [6.07, 6.45) is -2.10. The summed E-state index contributed by atoms with van der Waals surface area (Å²) in [7, 11) is 1.89. The van der Waals surface area contributed by atoms with Gasteiger partial charge in [0.05, 0.1) is 12.0 Å². The Balaban J connectivity index is 0.00000264. The van der Waals surface area contributed by atoms with E-state index in [1.54, 1.807) is 0 Å². The molecule has 1 heterocycles. The van der Waals surface area contributed by atoms with Gasteiger partial charge in [-0.05, 0) is 50.0 Å². The van der Waals surface area contributed by atoms with E-state index in [9.17, 15) is 18.0 Å². The number of hydrogen-bond acceptors (Lipinski definition) is 2. The van der Waals surface area contributed by atoms with Crippen LogP contribution >= 0.6 is 12.4 Å². The molecule has 1 aliphatic rings. The van der Waals surface area contributed by atoms with Crippen LogP contribution in [0, 0.1) is 5.92 Å². The molecule has 1 unspecified atom stereocenters. The predicted octanol–water partition coefficient (Wildman–Crippen LogP) is 3.13. The third kappa shape index (κ3) is 5.70. The van der Waals surface area contributed by atoms with Crippen molar-refractivity contribution >= 4 is 18.3 Å². The summed E-state index contributed by atoms with van der Waals surface area (Å²) in [5, 5.41) is 3.12. The number of halogens is 4. The predicted molar refractivity (Wildman–Crippen MR) is 85.6 cm³/mol. The second-order valence-electron chi connectivity index (χ2n) is 5.78. The Bertz CT molecular complexity index is 503. The average Bonchev–Trinajstić information content (AvgIpc) is 2.47. The summed E-state index contributed by atoms with van der Waals surface area (Å²) < 4.78 is 37.5. The molecule has 130 valence electrons. The lowest BCUT2D eigenvalue weighted by molar-refractivity contribution is -0.137. The highest BCUT2D eigenvalue weighted by Gasteiger charge is 2.30. The van der Waals surface area contributed by atoms with E-state index in [0.29, 0.717) is 11.5 Å². The molecule has 1 aromatic carbocycles. The van der Waals surface area contributed by atoms with Crippen LogP contribution in [0.1, 0.15) is 24.0 Å². The third-order valence-electron chi connectivity index (χ3n) is 4.00. The molecule has 1 aliphatic heterocycles. The minimum absolute atomic E-state index is 0. The first-order chi connectivity index (χ1) is 10.4. The first-order valence-electron chi connectivity index (χ1n) is 7.48. The van der Waals surface area contributed by atoms with Crippen LogP contribution in [-0.4, -0.2) is 37.5 Å². The molecule has 0 spiro atoms. The van der Waals surface area contributed by atoms with Gasteiger partial charge in [0.2, 0.25) is 5.91 Å². The van der Waals surface area contributed by atoms with Gasteiger partial charge >= 0.3 is 6.18 Å². The number of nitrogens with one attached hydrogen (secondary N) is 1. The summed E-state index contributed by atoms with van der Waals surface area (Å²) in [4.78, 5) is 14.1. The normalized spacial score (nSPS) is 18.4. The van der Waals surface area contributed by atoms with E-state index in [1.165, 1.54) is 12.1 Å². The second-order valence-corrected chi connectivity index (χ2v) is 5.78. The van der Waals surface area contributed by atoms with E-state index < -0.39 is 11.7 Å². The van der Waals surface area contributed by atoms with Gasteiger partial charge in [-0.15, -0.1) is 12.4 Å². The maximum atomic E-state index is 12.5. The summed E-state index contributed by atoms with van der Waals surface area (Å²) >= 11 is 0. The number of carbonyl (C=O) groups is 1. The van der Waals surface area contributed by atoms with Gasteiger partial charge in [0.25, 0.3) is 0 Å². The number of nitrogens with zero attached hydrogens (tertiary/aromatic N) is 1. The number of likely N-dealkylation sites (tertiary alicyclic amines) is 1. The molecule has 1 fully saturated rings. The second kappa shape index (κ2) is 8.55. The van der Waals surface area contributed by atoms with Crippen molar-refractivity contribution in [2.75, 3.05) is 26.7 Å². The molecular weight excluding hydrogens is 329 g/mol. The highest BCUT2D eigenvalue weighted by molar-refractivity contribution is 5.85. The van der Waals surface area contributed by atoms with Gasteiger partial charge in [-0.25, -0.2) is 0 Å². The first kappa shape index (κ1) is 19.8. The van der Waals surface area contributed by atoms with Crippen LogP contribution in [0.15, 0.2) is 24.3 Å². The molecule has 0 radical (unpaired) electrons. The minimum atomic E-state index is -4.34. The Labute approximate surface area is 140 Å². The van der Waals surface area contributed by atoms with E-state index in [-0.39, 0.29) is 24.7 Å². The molecular formula is C16H22ClF3N2O. The molecule has 1 atom stereocenters. The van der Waals surface area contributed by atoms with Crippen molar-refractivity contribution in [3.8, 4) is 0 Å². The van der Waals surface area contributed by atoms with E-state index >= 15 is 0 Å². The summed E-state index contributed by atoms with van der Waals surface area (Å²) in [6, 6.07) is 4.83. The van der Waals surface area contributed by atoms with E-state index in [2.05, 4.69) is 5.32 Å². The molecule has 3 nitrogen and oxygen atoms in total. The number of carbonyl (C=O) groups excluding carboxylic acids is 1.